The van der Waals surface area contributed by atoms with Crippen molar-refractivity contribution in [3.63, 3.8) is 0 Å². The number of allylic oxidation sites excluding steroid dienone is 2. The molecule has 1 aliphatic carbocycles. The van der Waals surface area contributed by atoms with Crippen LogP contribution in [0.2, 0.25) is 0 Å². The monoisotopic (exact) mass is 340 g/mol. The number of hydrogen-bond acceptors (Lipinski definition) is 4. The lowest BCUT2D eigenvalue weighted by molar-refractivity contribution is -0.117. The van der Waals surface area contributed by atoms with Crippen molar-refractivity contribution in [1.29, 1.82) is 0 Å². The molecule has 1 aromatic carbocycles. The molecule has 3 rings (SSSR count). The molecule has 0 aromatic heterocycles. The number of carbonyl (C=O) groups is 1. The van der Waals surface area contributed by atoms with Gasteiger partial charge in [-0.25, -0.2) is 0 Å². The van der Waals surface area contributed by atoms with Gasteiger partial charge in [-0.2, -0.15) is 0 Å². The van der Waals surface area contributed by atoms with Crippen LogP contribution >= 0.6 is 0 Å². The zero-order chi connectivity index (χ0) is 17.6. The summed E-state index contributed by atoms with van der Waals surface area (Å²) in [6.07, 6.45) is 12.4. The smallest absolute Gasteiger partial charge is 0.174 e. The number of para-hydroxylation sites is 1. The summed E-state index contributed by atoms with van der Waals surface area (Å²) < 4.78 is 6.17. The van der Waals surface area contributed by atoms with Gasteiger partial charge in [0.2, 0.25) is 0 Å². The van der Waals surface area contributed by atoms with Crippen LogP contribution in [0.3, 0.4) is 0 Å². The fourth-order valence-corrected chi connectivity index (χ4v) is 3.85. The Morgan fingerprint density at radius 3 is 2.84 bits per heavy atom. The van der Waals surface area contributed by atoms with E-state index in [0.717, 1.165) is 48.8 Å². The Labute approximate surface area is 150 Å². The van der Waals surface area contributed by atoms with Crippen molar-refractivity contribution in [3.8, 4) is 0 Å². The van der Waals surface area contributed by atoms with Crippen molar-refractivity contribution < 1.29 is 9.53 Å². The second kappa shape index (κ2) is 8.24. The summed E-state index contributed by atoms with van der Waals surface area (Å²) in [4.78, 5) is 13.9. The number of carbonyl (C=O) groups excluding carboxylic acids is 1. The summed E-state index contributed by atoms with van der Waals surface area (Å²) in [5, 5.41) is 0. The van der Waals surface area contributed by atoms with Crippen molar-refractivity contribution in [2.75, 3.05) is 5.73 Å². The normalized spacial score (nSPS) is 27.0. The highest BCUT2D eigenvalue weighted by atomic mass is 16.5. The molecule has 0 bridgehead atoms. The average molecular weight is 340 g/mol. The van der Waals surface area contributed by atoms with E-state index in [0.29, 0.717) is 6.54 Å². The lowest BCUT2D eigenvalue weighted by atomic mass is 9.87. The number of nitrogens with zero attached hydrogens (tertiary/aromatic N) is 1. The Morgan fingerprint density at radius 2 is 2.04 bits per heavy atom. The highest BCUT2D eigenvalue weighted by Gasteiger charge is 2.35. The molecule has 1 saturated carbocycles. The fourth-order valence-electron chi connectivity index (χ4n) is 3.85. The number of anilines is 1. The van der Waals surface area contributed by atoms with Crippen LogP contribution < -0.4 is 5.73 Å². The van der Waals surface area contributed by atoms with Gasteiger partial charge in [-0.3, -0.25) is 0 Å². The Morgan fingerprint density at radius 1 is 1.24 bits per heavy atom. The molecule has 0 saturated heterocycles. The Kier molecular flexibility index (Phi) is 5.79. The first-order valence-electron chi connectivity index (χ1n) is 9.24. The third kappa shape index (κ3) is 4.25. The van der Waals surface area contributed by atoms with Crippen LogP contribution in [0.4, 0.5) is 5.69 Å². The zero-order valence-electron chi connectivity index (χ0n) is 14.9. The van der Waals surface area contributed by atoms with Crippen molar-refractivity contribution >= 4 is 12.0 Å². The number of aldehydes is 1. The van der Waals surface area contributed by atoms with Crippen molar-refractivity contribution in [1.82, 2.24) is 4.90 Å². The molecular formula is C21H28N2O2. The van der Waals surface area contributed by atoms with Crippen molar-refractivity contribution in [2.45, 2.75) is 51.8 Å². The molecule has 4 nitrogen and oxygen atoms in total. The summed E-state index contributed by atoms with van der Waals surface area (Å²) in [5.74, 6) is 0.264. The van der Waals surface area contributed by atoms with Crippen molar-refractivity contribution in [3.05, 3.63) is 53.9 Å². The Hall–Kier alpha value is -2.23. The van der Waals surface area contributed by atoms with Crippen LogP contribution in [-0.2, 0) is 16.1 Å². The minimum atomic E-state index is -0.137. The molecule has 134 valence electrons. The maximum absolute atomic E-state index is 11.7. The SMILES string of the molecule is CC1=COC(C2CCCCCC2C=O)N(Cc2ccccc2N)C=C1. The van der Waals surface area contributed by atoms with Gasteiger partial charge < -0.3 is 20.2 Å². The van der Waals surface area contributed by atoms with Gasteiger partial charge in [0.25, 0.3) is 0 Å². The molecule has 3 unspecified atom stereocenters. The molecule has 2 aliphatic rings. The standard InChI is InChI=1S/C21H28N2O2/c1-16-11-12-23(13-17-7-5-6-10-20(17)22)21(25-15-16)19-9-4-2-3-8-18(19)14-24/h5-7,10-12,14-15,18-19,21H,2-4,8-9,13,22H2,1H3. The van der Waals surface area contributed by atoms with Gasteiger partial charge in [0.1, 0.15) is 6.29 Å². The van der Waals surface area contributed by atoms with Gasteiger partial charge in [0.15, 0.2) is 6.23 Å². The van der Waals surface area contributed by atoms with E-state index >= 15 is 0 Å². The number of hydrogen-bond donors (Lipinski definition) is 1. The topological polar surface area (TPSA) is 55.6 Å². The largest absolute Gasteiger partial charge is 0.478 e. The first-order chi connectivity index (χ1) is 12.2. The number of benzene rings is 1. The Bertz CT molecular complexity index is 653. The Balaban J connectivity index is 1.88. The summed E-state index contributed by atoms with van der Waals surface area (Å²) in [7, 11) is 0. The molecule has 1 aliphatic heterocycles. The summed E-state index contributed by atoms with van der Waals surface area (Å²) >= 11 is 0. The van der Waals surface area contributed by atoms with Crippen LogP contribution in [0.5, 0.6) is 0 Å². The van der Waals surface area contributed by atoms with Gasteiger partial charge in [0, 0.05) is 30.3 Å². The number of nitrogen functional groups attached to an aromatic ring is 1. The maximum atomic E-state index is 11.7. The molecular weight excluding hydrogens is 312 g/mol. The van der Waals surface area contributed by atoms with E-state index in [1.54, 1.807) is 0 Å². The molecule has 3 atom stereocenters. The molecule has 25 heavy (non-hydrogen) atoms. The molecule has 2 N–H and O–H groups in total. The van der Waals surface area contributed by atoms with Crippen LogP contribution in [-0.4, -0.2) is 17.4 Å². The van der Waals surface area contributed by atoms with E-state index in [2.05, 4.69) is 23.2 Å². The minimum absolute atomic E-state index is 0.0586. The zero-order valence-corrected chi connectivity index (χ0v) is 14.9. The van der Waals surface area contributed by atoms with Crippen LogP contribution in [0.25, 0.3) is 0 Å². The summed E-state index contributed by atoms with van der Waals surface area (Å²) in [6, 6.07) is 7.93. The average Bonchev–Trinajstić information content (AvgIpc) is 2.95. The van der Waals surface area contributed by atoms with E-state index in [-0.39, 0.29) is 18.1 Å². The lowest BCUT2D eigenvalue weighted by Crippen LogP contribution is -2.41. The highest BCUT2D eigenvalue weighted by molar-refractivity contribution is 5.54. The second-order valence-corrected chi connectivity index (χ2v) is 7.18. The quantitative estimate of drug-likeness (QED) is 0.506. The molecule has 0 radical (unpaired) electrons. The first-order valence-corrected chi connectivity index (χ1v) is 9.24. The fraction of sp³-hybridized carbons (Fsp3) is 0.476. The lowest BCUT2D eigenvalue weighted by Gasteiger charge is -2.37. The van der Waals surface area contributed by atoms with Gasteiger partial charge in [-0.15, -0.1) is 0 Å². The van der Waals surface area contributed by atoms with E-state index in [1.807, 2.05) is 31.4 Å². The third-order valence-corrected chi connectivity index (χ3v) is 5.32. The summed E-state index contributed by atoms with van der Waals surface area (Å²) in [5.41, 5.74) is 9.09. The molecule has 1 fully saturated rings. The molecule has 4 heteroatoms. The van der Waals surface area contributed by atoms with Gasteiger partial charge in [-0.1, -0.05) is 37.5 Å². The minimum Gasteiger partial charge on any atom is -0.478 e. The van der Waals surface area contributed by atoms with Crippen molar-refractivity contribution in [2.24, 2.45) is 11.8 Å². The maximum Gasteiger partial charge on any atom is 0.174 e. The number of ether oxygens (including phenoxy) is 1. The van der Waals surface area contributed by atoms with Gasteiger partial charge >= 0.3 is 0 Å². The molecule has 1 heterocycles. The van der Waals surface area contributed by atoms with Crippen LogP contribution in [0.15, 0.2) is 48.4 Å². The van der Waals surface area contributed by atoms with Gasteiger partial charge in [0.05, 0.1) is 6.26 Å². The van der Waals surface area contributed by atoms with E-state index in [4.69, 9.17) is 10.5 Å². The van der Waals surface area contributed by atoms with Crippen LogP contribution in [0, 0.1) is 11.8 Å². The predicted molar refractivity (Wildman–Crippen MR) is 100 cm³/mol. The van der Waals surface area contributed by atoms with E-state index in [1.165, 1.54) is 6.42 Å². The van der Waals surface area contributed by atoms with Crippen LogP contribution in [0.1, 0.15) is 44.6 Å². The second-order valence-electron chi connectivity index (χ2n) is 7.18. The predicted octanol–water partition coefficient (Wildman–Crippen LogP) is 4.24. The third-order valence-electron chi connectivity index (χ3n) is 5.32. The highest BCUT2D eigenvalue weighted by Crippen LogP contribution is 2.35. The van der Waals surface area contributed by atoms with E-state index < -0.39 is 0 Å². The molecule has 0 amide bonds. The molecule has 0 spiro atoms. The number of rotatable bonds is 4. The van der Waals surface area contributed by atoms with Gasteiger partial charge in [-0.05, 0) is 43.0 Å². The van der Waals surface area contributed by atoms with E-state index in [9.17, 15) is 4.79 Å². The number of nitrogens with two attached hydrogens (primary N) is 1. The first kappa shape index (κ1) is 17.6. The molecule has 1 aromatic rings. The summed E-state index contributed by atoms with van der Waals surface area (Å²) in [6.45, 7) is 2.70.